The zero-order valence-corrected chi connectivity index (χ0v) is 17.0. The second-order valence-corrected chi connectivity index (χ2v) is 8.12. The molecule has 1 N–H and O–H groups in total. The number of unbranched alkanes of at least 4 members (excludes halogenated alkanes) is 1. The Hall–Kier alpha value is -2.41. The first-order valence-electron chi connectivity index (χ1n) is 9.24. The smallest absolute Gasteiger partial charge is 0.268 e. The predicted molar refractivity (Wildman–Crippen MR) is 107 cm³/mol. The molecule has 0 aliphatic carbocycles. The van der Waals surface area contributed by atoms with E-state index in [0.29, 0.717) is 18.0 Å². The summed E-state index contributed by atoms with van der Waals surface area (Å²) in [5.41, 5.74) is 2.43. The van der Waals surface area contributed by atoms with E-state index in [-0.39, 0.29) is 18.4 Å². The molecule has 0 fully saturated rings. The van der Waals surface area contributed by atoms with Crippen molar-refractivity contribution in [2.45, 2.75) is 46.6 Å². The van der Waals surface area contributed by atoms with Gasteiger partial charge in [0.25, 0.3) is 5.91 Å². The molecule has 144 valence electrons. The molecule has 1 unspecified atom stereocenters. The summed E-state index contributed by atoms with van der Waals surface area (Å²) in [4.78, 5) is 32.2. The van der Waals surface area contributed by atoms with Crippen molar-refractivity contribution in [1.29, 1.82) is 0 Å². The summed E-state index contributed by atoms with van der Waals surface area (Å²) in [6.07, 6.45) is 1.31. The normalized spacial score (nSPS) is 16.1. The van der Waals surface area contributed by atoms with Gasteiger partial charge in [0.2, 0.25) is 5.91 Å². The van der Waals surface area contributed by atoms with Crippen molar-refractivity contribution in [1.82, 2.24) is 10.3 Å². The Morgan fingerprint density at radius 2 is 2.15 bits per heavy atom. The van der Waals surface area contributed by atoms with Crippen molar-refractivity contribution in [2.24, 2.45) is 0 Å². The average molecular weight is 388 g/mol. The maximum absolute atomic E-state index is 12.7. The monoisotopic (exact) mass is 387 g/mol. The number of benzene rings is 1. The Balaban J connectivity index is 1.91. The molecule has 7 heteroatoms. The number of aryl methyl sites for hydroxylation is 2. The standard InChI is InChI=1S/C20H25N3O3S/c1-5-6-9-21-18(24)11-23-16-10-15(19-13(3)27-14(4)22-19)7-8-17(16)26-12(2)20(23)25/h7-8,10,12H,5-6,9,11H2,1-4H3,(H,21,24). The number of hydrogen-bond donors (Lipinski definition) is 1. The summed E-state index contributed by atoms with van der Waals surface area (Å²) in [5, 5.41) is 3.87. The van der Waals surface area contributed by atoms with Crippen LogP contribution in [0.1, 0.15) is 36.6 Å². The van der Waals surface area contributed by atoms with E-state index in [1.165, 1.54) is 4.90 Å². The Morgan fingerprint density at radius 3 is 2.81 bits per heavy atom. The quantitative estimate of drug-likeness (QED) is 0.771. The van der Waals surface area contributed by atoms with E-state index < -0.39 is 6.10 Å². The molecule has 3 rings (SSSR count). The van der Waals surface area contributed by atoms with Gasteiger partial charge in [0.1, 0.15) is 12.3 Å². The van der Waals surface area contributed by atoms with Crippen molar-refractivity contribution in [3.05, 3.63) is 28.1 Å². The molecule has 1 atom stereocenters. The lowest BCUT2D eigenvalue weighted by atomic mass is 10.1. The first kappa shape index (κ1) is 19.4. The lowest BCUT2D eigenvalue weighted by Gasteiger charge is -2.33. The number of thiazole rings is 1. The number of nitrogens with zero attached hydrogens (tertiary/aromatic N) is 2. The number of anilines is 1. The molecule has 27 heavy (non-hydrogen) atoms. The highest BCUT2D eigenvalue weighted by Crippen LogP contribution is 2.38. The van der Waals surface area contributed by atoms with Crippen molar-refractivity contribution < 1.29 is 14.3 Å². The van der Waals surface area contributed by atoms with Gasteiger partial charge in [0, 0.05) is 17.0 Å². The van der Waals surface area contributed by atoms with E-state index in [9.17, 15) is 9.59 Å². The van der Waals surface area contributed by atoms with Gasteiger partial charge in [0.15, 0.2) is 6.10 Å². The molecule has 2 aromatic rings. The lowest BCUT2D eigenvalue weighted by molar-refractivity contribution is -0.128. The summed E-state index contributed by atoms with van der Waals surface area (Å²) in [7, 11) is 0. The van der Waals surface area contributed by atoms with Crippen LogP contribution < -0.4 is 15.0 Å². The van der Waals surface area contributed by atoms with Gasteiger partial charge in [-0.15, -0.1) is 11.3 Å². The molecule has 0 radical (unpaired) electrons. The third-order valence-corrected chi connectivity index (χ3v) is 5.38. The molecular weight excluding hydrogens is 362 g/mol. The van der Waals surface area contributed by atoms with Gasteiger partial charge in [-0.3, -0.25) is 14.5 Å². The van der Waals surface area contributed by atoms with E-state index >= 15 is 0 Å². The highest BCUT2D eigenvalue weighted by Gasteiger charge is 2.33. The third-order valence-electron chi connectivity index (χ3n) is 4.50. The highest BCUT2D eigenvalue weighted by atomic mass is 32.1. The Kier molecular flexibility index (Phi) is 5.79. The number of amides is 2. The molecule has 0 saturated heterocycles. The topological polar surface area (TPSA) is 71.5 Å². The molecule has 6 nitrogen and oxygen atoms in total. The summed E-state index contributed by atoms with van der Waals surface area (Å²) in [6, 6.07) is 5.69. The van der Waals surface area contributed by atoms with Crippen LogP contribution in [-0.2, 0) is 9.59 Å². The SMILES string of the molecule is CCCCNC(=O)CN1C(=O)C(C)Oc2ccc(-c3nc(C)sc3C)cc21. The van der Waals surface area contributed by atoms with Gasteiger partial charge < -0.3 is 10.1 Å². The molecule has 1 aromatic heterocycles. The molecular formula is C20H25N3O3S. The number of ether oxygens (including phenoxy) is 1. The van der Waals surface area contributed by atoms with Gasteiger partial charge in [-0.1, -0.05) is 13.3 Å². The van der Waals surface area contributed by atoms with Crippen molar-refractivity contribution in [3.63, 3.8) is 0 Å². The van der Waals surface area contributed by atoms with Crippen LogP contribution in [0.2, 0.25) is 0 Å². The molecule has 1 aliphatic rings. The maximum Gasteiger partial charge on any atom is 0.268 e. The molecule has 1 aromatic carbocycles. The first-order chi connectivity index (χ1) is 12.9. The zero-order chi connectivity index (χ0) is 19.6. The number of carbonyl (C=O) groups is 2. The average Bonchev–Trinajstić information content (AvgIpc) is 2.97. The Bertz CT molecular complexity index is 862. The van der Waals surface area contributed by atoms with Gasteiger partial charge in [0.05, 0.1) is 16.4 Å². The largest absolute Gasteiger partial charge is 0.479 e. The predicted octanol–water partition coefficient (Wildman–Crippen LogP) is 3.46. The minimum atomic E-state index is -0.616. The summed E-state index contributed by atoms with van der Waals surface area (Å²) < 4.78 is 5.74. The third kappa shape index (κ3) is 4.13. The molecule has 2 amide bonds. The number of carbonyl (C=O) groups excluding carboxylic acids is 2. The molecule has 1 aliphatic heterocycles. The van der Waals surface area contributed by atoms with Gasteiger partial charge in [-0.25, -0.2) is 4.98 Å². The van der Waals surface area contributed by atoms with Crippen LogP contribution in [0.15, 0.2) is 18.2 Å². The van der Waals surface area contributed by atoms with E-state index in [1.54, 1.807) is 18.3 Å². The van der Waals surface area contributed by atoms with Crippen LogP contribution >= 0.6 is 11.3 Å². The molecule has 0 saturated carbocycles. The number of hydrogen-bond acceptors (Lipinski definition) is 5. The van der Waals surface area contributed by atoms with Crippen molar-refractivity contribution >= 4 is 28.8 Å². The summed E-state index contributed by atoms with van der Waals surface area (Å²) in [5.74, 6) is 0.233. The maximum atomic E-state index is 12.7. The first-order valence-corrected chi connectivity index (χ1v) is 10.1. The summed E-state index contributed by atoms with van der Waals surface area (Å²) in [6.45, 7) is 8.38. The van der Waals surface area contributed by atoms with Crippen LogP contribution in [-0.4, -0.2) is 36.0 Å². The van der Waals surface area contributed by atoms with E-state index in [4.69, 9.17) is 4.74 Å². The second kappa shape index (κ2) is 8.08. The van der Waals surface area contributed by atoms with Crippen LogP contribution in [0.3, 0.4) is 0 Å². The fourth-order valence-corrected chi connectivity index (χ4v) is 3.96. The second-order valence-electron chi connectivity index (χ2n) is 6.71. The molecule has 2 heterocycles. The van der Waals surface area contributed by atoms with E-state index in [2.05, 4.69) is 17.2 Å². The Labute approximate surface area is 163 Å². The van der Waals surface area contributed by atoms with Crippen LogP contribution in [0.4, 0.5) is 5.69 Å². The summed E-state index contributed by atoms with van der Waals surface area (Å²) >= 11 is 1.64. The lowest BCUT2D eigenvalue weighted by Crippen LogP contribution is -2.48. The van der Waals surface area contributed by atoms with Crippen LogP contribution in [0.5, 0.6) is 5.75 Å². The minimum absolute atomic E-state index is 0.0121. The molecule has 0 bridgehead atoms. The van der Waals surface area contributed by atoms with Crippen LogP contribution in [0, 0.1) is 13.8 Å². The van der Waals surface area contributed by atoms with Gasteiger partial charge in [-0.05, 0) is 45.4 Å². The number of nitrogens with one attached hydrogen (secondary N) is 1. The van der Waals surface area contributed by atoms with Gasteiger partial charge in [-0.2, -0.15) is 0 Å². The van der Waals surface area contributed by atoms with Crippen molar-refractivity contribution in [2.75, 3.05) is 18.0 Å². The fourth-order valence-electron chi connectivity index (χ4n) is 3.12. The highest BCUT2D eigenvalue weighted by molar-refractivity contribution is 7.11. The van der Waals surface area contributed by atoms with E-state index in [0.717, 1.165) is 34.0 Å². The number of aromatic nitrogens is 1. The van der Waals surface area contributed by atoms with Crippen molar-refractivity contribution in [3.8, 4) is 17.0 Å². The van der Waals surface area contributed by atoms with E-state index in [1.807, 2.05) is 32.0 Å². The Morgan fingerprint density at radius 1 is 1.37 bits per heavy atom. The van der Waals surface area contributed by atoms with Crippen LogP contribution in [0.25, 0.3) is 11.3 Å². The number of fused-ring (bicyclic) bond motifs is 1. The fraction of sp³-hybridized carbons (Fsp3) is 0.450. The zero-order valence-electron chi connectivity index (χ0n) is 16.2. The number of rotatable bonds is 6. The van der Waals surface area contributed by atoms with Gasteiger partial charge >= 0.3 is 0 Å². The molecule has 0 spiro atoms. The minimum Gasteiger partial charge on any atom is -0.479 e.